The van der Waals surface area contributed by atoms with Crippen LogP contribution in [0, 0.1) is 0 Å². The minimum atomic E-state index is -1.06. The van der Waals surface area contributed by atoms with Crippen LogP contribution in [0.5, 0.6) is 0 Å². The lowest BCUT2D eigenvalue weighted by molar-refractivity contribution is -0.142. The topological polar surface area (TPSA) is 75.6 Å². The molecule has 0 heterocycles. The molecule has 0 aliphatic heterocycles. The fraction of sp³-hybridized carbons (Fsp3) is 0.750. The van der Waals surface area contributed by atoms with Gasteiger partial charge in [0.1, 0.15) is 12.6 Å². The van der Waals surface area contributed by atoms with Crippen molar-refractivity contribution in [2.45, 2.75) is 32.9 Å². The molecule has 0 aliphatic carbocycles. The van der Waals surface area contributed by atoms with Crippen LogP contribution in [0.25, 0.3) is 0 Å². The zero-order chi connectivity index (χ0) is 10.4. The molecule has 0 saturated carbocycles. The van der Waals surface area contributed by atoms with Gasteiger partial charge in [0.25, 0.3) is 0 Å². The number of ether oxygens (including phenoxy) is 1. The molecule has 76 valence electrons. The lowest BCUT2D eigenvalue weighted by Crippen LogP contribution is -2.40. The SMILES string of the molecule is CC(C)OCC(=O)NC(C)C(=O)O. The van der Waals surface area contributed by atoms with E-state index >= 15 is 0 Å². The van der Waals surface area contributed by atoms with Crippen LogP contribution in [-0.4, -0.2) is 35.7 Å². The molecule has 1 unspecified atom stereocenters. The van der Waals surface area contributed by atoms with Gasteiger partial charge >= 0.3 is 5.97 Å². The Hall–Kier alpha value is -1.10. The van der Waals surface area contributed by atoms with Gasteiger partial charge in [-0.05, 0) is 20.8 Å². The average Bonchev–Trinajstić information content (AvgIpc) is 2.00. The molecule has 13 heavy (non-hydrogen) atoms. The normalized spacial score (nSPS) is 12.6. The molecule has 0 rings (SSSR count). The molecule has 0 aromatic rings. The van der Waals surface area contributed by atoms with Crippen molar-refractivity contribution in [1.82, 2.24) is 5.32 Å². The highest BCUT2D eigenvalue weighted by Crippen LogP contribution is 1.87. The summed E-state index contributed by atoms with van der Waals surface area (Å²) in [7, 11) is 0. The van der Waals surface area contributed by atoms with Crippen LogP contribution in [0.15, 0.2) is 0 Å². The van der Waals surface area contributed by atoms with Crippen LogP contribution in [0.4, 0.5) is 0 Å². The molecule has 5 heteroatoms. The standard InChI is InChI=1S/C8H15NO4/c1-5(2)13-4-7(10)9-6(3)8(11)12/h5-6H,4H2,1-3H3,(H,9,10)(H,11,12). The van der Waals surface area contributed by atoms with Crippen molar-refractivity contribution in [2.24, 2.45) is 0 Å². The van der Waals surface area contributed by atoms with Gasteiger partial charge in [0, 0.05) is 0 Å². The smallest absolute Gasteiger partial charge is 0.325 e. The summed E-state index contributed by atoms with van der Waals surface area (Å²) in [6.07, 6.45) is -0.0362. The first-order valence-corrected chi connectivity index (χ1v) is 4.07. The number of hydrogen-bond acceptors (Lipinski definition) is 3. The van der Waals surface area contributed by atoms with Gasteiger partial charge in [0.15, 0.2) is 0 Å². The second-order valence-corrected chi connectivity index (χ2v) is 2.99. The number of rotatable bonds is 5. The maximum atomic E-state index is 11.0. The van der Waals surface area contributed by atoms with E-state index in [2.05, 4.69) is 5.32 Å². The van der Waals surface area contributed by atoms with Crippen molar-refractivity contribution in [3.63, 3.8) is 0 Å². The average molecular weight is 189 g/mol. The second kappa shape index (κ2) is 5.53. The Balaban J connectivity index is 3.68. The van der Waals surface area contributed by atoms with Gasteiger partial charge in [-0.2, -0.15) is 0 Å². The number of carbonyl (C=O) groups is 2. The van der Waals surface area contributed by atoms with Crippen LogP contribution in [0.1, 0.15) is 20.8 Å². The van der Waals surface area contributed by atoms with Gasteiger partial charge in [0.2, 0.25) is 5.91 Å². The van der Waals surface area contributed by atoms with Crippen LogP contribution in [0.2, 0.25) is 0 Å². The molecule has 0 radical (unpaired) electrons. The van der Waals surface area contributed by atoms with E-state index < -0.39 is 17.9 Å². The maximum absolute atomic E-state index is 11.0. The molecule has 0 fully saturated rings. The lowest BCUT2D eigenvalue weighted by Gasteiger charge is -2.10. The van der Waals surface area contributed by atoms with Crippen LogP contribution in [0.3, 0.4) is 0 Å². The largest absolute Gasteiger partial charge is 0.480 e. The Morgan fingerprint density at radius 1 is 1.38 bits per heavy atom. The summed E-state index contributed by atoms with van der Waals surface area (Å²) in [6.45, 7) is 4.90. The first-order chi connectivity index (χ1) is 5.93. The second-order valence-electron chi connectivity index (χ2n) is 2.99. The molecular weight excluding hydrogens is 174 g/mol. The van der Waals surface area contributed by atoms with E-state index in [9.17, 15) is 9.59 Å². The monoisotopic (exact) mass is 189 g/mol. The van der Waals surface area contributed by atoms with E-state index in [1.807, 2.05) is 0 Å². The Morgan fingerprint density at radius 3 is 2.31 bits per heavy atom. The summed E-state index contributed by atoms with van der Waals surface area (Å²) in [4.78, 5) is 21.3. The van der Waals surface area contributed by atoms with Gasteiger partial charge in [-0.25, -0.2) is 0 Å². The molecule has 1 amide bonds. The predicted molar refractivity (Wildman–Crippen MR) is 46.3 cm³/mol. The predicted octanol–water partition coefficient (Wildman–Crippen LogP) is 0.000700. The van der Waals surface area contributed by atoms with E-state index in [0.717, 1.165) is 0 Å². The number of hydrogen-bond donors (Lipinski definition) is 2. The first-order valence-electron chi connectivity index (χ1n) is 4.07. The highest BCUT2D eigenvalue weighted by atomic mass is 16.5. The molecular formula is C8H15NO4. The van der Waals surface area contributed by atoms with E-state index in [1.165, 1.54) is 6.92 Å². The third kappa shape index (κ3) is 6.10. The Bertz CT molecular complexity index is 191. The molecule has 0 bridgehead atoms. The van der Waals surface area contributed by atoms with E-state index in [4.69, 9.17) is 9.84 Å². The number of amides is 1. The van der Waals surface area contributed by atoms with Crippen molar-refractivity contribution in [2.75, 3.05) is 6.61 Å². The summed E-state index contributed by atoms with van der Waals surface area (Å²) < 4.78 is 4.98. The van der Waals surface area contributed by atoms with E-state index in [0.29, 0.717) is 0 Å². The number of nitrogens with one attached hydrogen (secondary N) is 1. The lowest BCUT2D eigenvalue weighted by atomic mass is 10.3. The number of carboxylic acid groups (broad SMARTS) is 1. The summed E-state index contributed by atoms with van der Waals surface area (Å²) in [5.74, 6) is -1.47. The molecule has 5 nitrogen and oxygen atoms in total. The summed E-state index contributed by atoms with van der Waals surface area (Å²) in [6, 6.07) is -0.872. The molecule has 0 aromatic heterocycles. The number of carbonyl (C=O) groups excluding carboxylic acids is 1. The van der Waals surface area contributed by atoms with Crippen molar-refractivity contribution in [1.29, 1.82) is 0 Å². The molecule has 2 N–H and O–H groups in total. The Labute approximate surface area is 77.1 Å². The number of aliphatic carboxylic acids is 1. The Kier molecular flexibility index (Phi) is 5.06. The molecule has 0 spiro atoms. The quantitative estimate of drug-likeness (QED) is 0.638. The van der Waals surface area contributed by atoms with Crippen LogP contribution >= 0.6 is 0 Å². The van der Waals surface area contributed by atoms with Crippen molar-refractivity contribution in [3.05, 3.63) is 0 Å². The third-order valence-corrected chi connectivity index (χ3v) is 1.30. The maximum Gasteiger partial charge on any atom is 0.325 e. The molecule has 1 atom stereocenters. The molecule has 0 aromatic carbocycles. The van der Waals surface area contributed by atoms with Crippen molar-refractivity contribution in [3.8, 4) is 0 Å². The fourth-order valence-corrected chi connectivity index (χ4v) is 0.587. The third-order valence-electron chi connectivity index (χ3n) is 1.30. The van der Waals surface area contributed by atoms with Gasteiger partial charge in [-0.15, -0.1) is 0 Å². The van der Waals surface area contributed by atoms with E-state index in [-0.39, 0.29) is 12.7 Å². The highest BCUT2D eigenvalue weighted by molar-refractivity contribution is 5.83. The first kappa shape index (κ1) is 11.9. The van der Waals surface area contributed by atoms with Gasteiger partial charge in [0.05, 0.1) is 6.10 Å². The summed E-state index contributed by atoms with van der Waals surface area (Å²) in [5, 5.41) is 10.7. The zero-order valence-corrected chi connectivity index (χ0v) is 8.03. The van der Waals surface area contributed by atoms with Crippen molar-refractivity contribution < 1.29 is 19.4 Å². The van der Waals surface area contributed by atoms with Crippen molar-refractivity contribution >= 4 is 11.9 Å². The highest BCUT2D eigenvalue weighted by Gasteiger charge is 2.13. The minimum Gasteiger partial charge on any atom is -0.480 e. The van der Waals surface area contributed by atoms with E-state index in [1.54, 1.807) is 13.8 Å². The van der Waals surface area contributed by atoms with Gasteiger partial charge in [-0.3, -0.25) is 9.59 Å². The summed E-state index contributed by atoms with van der Waals surface area (Å²) in [5.41, 5.74) is 0. The zero-order valence-electron chi connectivity index (χ0n) is 8.03. The van der Waals surface area contributed by atoms with Gasteiger partial charge in [-0.1, -0.05) is 0 Å². The van der Waals surface area contributed by atoms with Crippen LogP contribution < -0.4 is 5.32 Å². The van der Waals surface area contributed by atoms with Crippen LogP contribution in [-0.2, 0) is 14.3 Å². The summed E-state index contributed by atoms with van der Waals surface area (Å²) >= 11 is 0. The minimum absolute atomic E-state index is 0.0362. The Morgan fingerprint density at radius 2 is 1.92 bits per heavy atom. The molecule has 0 aliphatic rings. The molecule has 0 saturated heterocycles. The number of carboxylic acids is 1. The van der Waals surface area contributed by atoms with Gasteiger partial charge < -0.3 is 15.2 Å². The fourth-order valence-electron chi connectivity index (χ4n) is 0.587.